The van der Waals surface area contributed by atoms with Gasteiger partial charge in [0.15, 0.2) is 0 Å². The Morgan fingerprint density at radius 2 is 1.83 bits per heavy atom. The van der Waals surface area contributed by atoms with Gasteiger partial charge in [0.05, 0.1) is 7.11 Å². The van der Waals surface area contributed by atoms with Crippen molar-refractivity contribution < 1.29 is 12.9 Å². The van der Waals surface area contributed by atoms with Crippen LogP contribution in [-0.4, -0.2) is 11.7 Å². The minimum absolute atomic E-state index is 0.142. The molecule has 2 N–H and O–H groups in total. The second-order valence-corrected chi connectivity index (χ2v) is 7.83. The highest BCUT2D eigenvalue weighted by atomic mass is 32.3. The fraction of sp³-hybridized carbons (Fsp3) is 0.333. The monoisotopic (exact) mass is 334 g/mol. The van der Waals surface area contributed by atoms with Gasteiger partial charge in [-0.2, -0.15) is 4.55 Å². The highest BCUT2D eigenvalue weighted by Gasteiger charge is 2.33. The van der Waals surface area contributed by atoms with Crippen molar-refractivity contribution in [2.75, 3.05) is 12.4 Å². The van der Waals surface area contributed by atoms with Crippen LogP contribution in [0.4, 0.5) is 11.4 Å². The van der Waals surface area contributed by atoms with Gasteiger partial charge in [0, 0.05) is 23.5 Å². The number of hydrogen-bond donors (Lipinski definition) is 2. The predicted molar refractivity (Wildman–Crippen MR) is 95.4 cm³/mol. The quantitative estimate of drug-likeness (QED) is 0.729. The number of benzene rings is 2. The van der Waals surface area contributed by atoms with E-state index in [-0.39, 0.29) is 10.3 Å². The third-order valence-electron chi connectivity index (χ3n) is 4.18. The zero-order chi connectivity index (χ0) is 17.1. The van der Waals surface area contributed by atoms with Gasteiger partial charge in [-0.05, 0) is 39.8 Å². The Balaban J connectivity index is 2.52. The molecule has 0 aromatic heterocycles. The van der Waals surface area contributed by atoms with Gasteiger partial charge < -0.3 is 5.32 Å². The molecule has 4 nitrogen and oxygen atoms in total. The van der Waals surface area contributed by atoms with E-state index < -0.39 is 10.5 Å². The first-order chi connectivity index (χ1) is 10.8. The van der Waals surface area contributed by atoms with Crippen molar-refractivity contribution in [3.05, 3.63) is 54.1 Å². The maximum atomic E-state index is 12.1. The molecule has 0 saturated heterocycles. The summed E-state index contributed by atoms with van der Waals surface area (Å²) < 4.78 is 26.8. The van der Waals surface area contributed by atoms with Gasteiger partial charge in [0.1, 0.15) is 0 Å². The normalized spacial score (nSPS) is 14.3. The van der Waals surface area contributed by atoms with Gasteiger partial charge in [-0.25, -0.2) is 0 Å². The summed E-state index contributed by atoms with van der Waals surface area (Å²) in [5, 5.41) is 3.39. The van der Waals surface area contributed by atoms with Gasteiger partial charge in [0.25, 0.3) is 0 Å². The van der Waals surface area contributed by atoms with Gasteiger partial charge in [0.2, 0.25) is 4.90 Å². The van der Waals surface area contributed by atoms with Crippen LogP contribution in [0.2, 0.25) is 0 Å². The number of para-hydroxylation sites is 1. The first kappa shape index (κ1) is 17.7. The van der Waals surface area contributed by atoms with E-state index in [9.17, 15) is 8.76 Å². The molecule has 0 spiro atoms. The molecule has 0 amide bonds. The Hall–Kier alpha value is -1.69. The molecule has 23 heavy (non-hydrogen) atoms. The predicted octanol–water partition coefficient (Wildman–Crippen LogP) is 5.01. The summed E-state index contributed by atoms with van der Waals surface area (Å²) in [7, 11) is -2.22. The molecular formula is C18H24NO3S+. The number of anilines is 2. The van der Waals surface area contributed by atoms with Crippen LogP contribution in [0.25, 0.3) is 0 Å². The van der Waals surface area contributed by atoms with E-state index in [4.69, 9.17) is 4.18 Å². The first-order valence-corrected chi connectivity index (χ1v) is 9.03. The van der Waals surface area contributed by atoms with Crippen LogP contribution < -0.4 is 5.32 Å². The Morgan fingerprint density at radius 1 is 1.17 bits per heavy atom. The van der Waals surface area contributed by atoms with Gasteiger partial charge in [-0.1, -0.05) is 39.0 Å². The van der Waals surface area contributed by atoms with E-state index in [1.807, 2.05) is 36.4 Å². The highest BCUT2D eigenvalue weighted by molar-refractivity contribution is 7.93. The molecule has 2 aromatic rings. The molecule has 0 fully saturated rings. The molecule has 0 aliphatic rings. The molecular weight excluding hydrogens is 310 g/mol. The van der Waals surface area contributed by atoms with Crippen LogP contribution in [0, 0.1) is 0 Å². The SMILES string of the molecule is CCC(C)(C)c1cc([S+](=O)(O)OC)ccc1Nc1ccccc1. The van der Waals surface area contributed by atoms with E-state index in [0.29, 0.717) is 0 Å². The fourth-order valence-corrected chi connectivity index (χ4v) is 3.02. The number of nitrogens with one attached hydrogen (secondary N) is 1. The van der Waals surface area contributed by atoms with Crippen LogP contribution in [0.1, 0.15) is 32.8 Å². The van der Waals surface area contributed by atoms with Crippen LogP contribution in [0.3, 0.4) is 0 Å². The molecule has 5 heteroatoms. The average Bonchev–Trinajstić information content (AvgIpc) is 2.56. The van der Waals surface area contributed by atoms with Crippen LogP contribution in [0.5, 0.6) is 0 Å². The molecule has 2 rings (SSSR count). The molecule has 1 unspecified atom stereocenters. The van der Waals surface area contributed by atoms with Crippen molar-refractivity contribution in [3.8, 4) is 0 Å². The molecule has 1 atom stereocenters. The Morgan fingerprint density at radius 3 is 2.39 bits per heavy atom. The molecule has 0 radical (unpaired) electrons. The van der Waals surface area contributed by atoms with E-state index in [0.717, 1.165) is 23.4 Å². The molecule has 0 saturated carbocycles. The lowest BCUT2D eigenvalue weighted by Gasteiger charge is -2.27. The summed E-state index contributed by atoms with van der Waals surface area (Å²) in [6.45, 7) is 6.34. The second kappa shape index (κ2) is 6.83. The Kier molecular flexibility index (Phi) is 5.24. The smallest absolute Gasteiger partial charge is 0.355 e. The van der Waals surface area contributed by atoms with Crippen molar-refractivity contribution in [2.24, 2.45) is 0 Å². The third-order valence-corrected chi connectivity index (χ3v) is 5.48. The van der Waals surface area contributed by atoms with Crippen LogP contribution in [-0.2, 0) is 24.3 Å². The molecule has 0 bridgehead atoms. The molecule has 124 valence electrons. The van der Waals surface area contributed by atoms with Gasteiger partial charge in [-0.15, -0.1) is 4.18 Å². The lowest BCUT2D eigenvalue weighted by molar-refractivity contribution is 0.339. The van der Waals surface area contributed by atoms with E-state index >= 15 is 0 Å². The van der Waals surface area contributed by atoms with E-state index in [1.54, 1.807) is 12.1 Å². The van der Waals surface area contributed by atoms with E-state index in [2.05, 4.69) is 26.1 Å². The molecule has 2 aromatic carbocycles. The summed E-state index contributed by atoms with van der Waals surface area (Å²) in [4.78, 5) is 0.287. The van der Waals surface area contributed by atoms with Crippen molar-refractivity contribution in [3.63, 3.8) is 0 Å². The minimum Gasteiger partial charge on any atom is -0.355 e. The highest BCUT2D eigenvalue weighted by Crippen LogP contribution is 2.36. The summed E-state index contributed by atoms with van der Waals surface area (Å²) in [6, 6.07) is 15.1. The standard InChI is InChI=1S/C18H23NO3S/c1-5-18(2,3)16-13-15(23(20,21)22-4)11-12-17(16)19-14-9-7-6-8-10-14/h6-13,19H,5H2,1-4H3/p+1. The largest absolute Gasteiger partial charge is 0.388 e. The van der Waals surface area contributed by atoms with Crippen molar-refractivity contribution in [1.82, 2.24) is 0 Å². The molecule has 0 aliphatic carbocycles. The topological polar surface area (TPSA) is 58.6 Å². The fourth-order valence-electron chi connectivity index (χ4n) is 2.32. The minimum atomic E-state index is -3.46. The van der Waals surface area contributed by atoms with E-state index in [1.165, 1.54) is 7.11 Å². The second-order valence-electron chi connectivity index (χ2n) is 6.08. The zero-order valence-electron chi connectivity index (χ0n) is 14.0. The first-order valence-electron chi connectivity index (χ1n) is 7.59. The Bertz CT molecular complexity index is 713. The maximum absolute atomic E-state index is 12.1. The van der Waals surface area contributed by atoms with Crippen LogP contribution >= 0.6 is 0 Å². The summed E-state index contributed by atoms with van der Waals surface area (Å²) in [5.74, 6) is 0. The summed E-state index contributed by atoms with van der Waals surface area (Å²) >= 11 is 0. The molecule has 0 heterocycles. The number of hydrogen-bond acceptors (Lipinski definition) is 3. The summed E-state index contributed by atoms with van der Waals surface area (Å²) in [5.41, 5.74) is 2.75. The van der Waals surface area contributed by atoms with Crippen molar-refractivity contribution in [2.45, 2.75) is 37.5 Å². The van der Waals surface area contributed by atoms with Crippen LogP contribution in [0.15, 0.2) is 53.4 Å². The van der Waals surface area contributed by atoms with Gasteiger partial charge in [-0.3, -0.25) is 0 Å². The Labute approximate surface area is 139 Å². The zero-order valence-corrected chi connectivity index (χ0v) is 14.8. The number of rotatable bonds is 6. The van der Waals surface area contributed by atoms with Crippen molar-refractivity contribution >= 4 is 21.9 Å². The third kappa shape index (κ3) is 3.99. The lowest BCUT2D eigenvalue weighted by Crippen LogP contribution is -2.20. The van der Waals surface area contributed by atoms with Gasteiger partial charge >= 0.3 is 10.5 Å². The lowest BCUT2D eigenvalue weighted by atomic mass is 9.81. The van der Waals surface area contributed by atoms with Crippen molar-refractivity contribution in [1.29, 1.82) is 0 Å². The summed E-state index contributed by atoms with van der Waals surface area (Å²) in [6.07, 6.45) is 0.902. The average molecular weight is 334 g/mol. The molecule has 0 aliphatic heterocycles. The maximum Gasteiger partial charge on any atom is 0.388 e.